The van der Waals surface area contributed by atoms with Crippen LogP contribution >= 0.6 is 11.8 Å². The van der Waals surface area contributed by atoms with Gasteiger partial charge < -0.3 is 5.32 Å². The lowest BCUT2D eigenvalue weighted by atomic mass is 10.0. The van der Waals surface area contributed by atoms with E-state index in [2.05, 4.69) is 36.7 Å². The van der Waals surface area contributed by atoms with Gasteiger partial charge in [0.2, 0.25) is 0 Å². The van der Waals surface area contributed by atoms with E-state index in [-0.39, 0.29) is 0 Å². The molecule has 0 saturated carbocycles. The van der Waals surface area contributed by atoms with E-state index >= 15 is 0 Å². The van der Waals surface area contributed by atoms with Gasteiger partial charge >= 0.3 is 0 Å². The highest BCUT2D eigenvalue weighted by Crippen LogP contribution is 2.25. The molecule has 0 bridgehead atoms. The molecule has 1 aliphatic carbocycles. The van der Waals surface area contributed by atoms with Crippen LogP contribution in [0.5, 0.6) is 0 Å². The molecule has 0 fully saturated rings. The molecule has 1 aliphatic rings. The largest absolute Gasteiger partial charge is 0.310 e. The molecule has 17 heavy (non-hydrogen) atoms. The second-order valence-electron chi connectivity index (χ2n) is 4.90. The van der Waals surface area contributed by atoms with Crippen molar-refractivity contribution in [3.63, 3.8) is 0 Å². The van der Waals surface area contributed by atoms with Crippen LogP contribution < -0.4 is 5.32 Å². The second kappa shape index (κ2) is 6.46. The van der Waals surface area contributed by atoms with Gasteiger partial charge in [0.1, 0.15) is 0 Å². The van der Waals surface area contributed by atoms with Crippen molar-refractivity contribution < 1.29 is 0 Å². The molecule has 1 atom stereocenters. The molecular formula is C15H23NS. The first kappa shape index (κ1) is 13.0. The summed E-state index contributed by atoms with van der Waals surface area (Å²) >= 11 is 1.93. The molecule has 1 aromatic carbocycles. The van der Waals surface area contributed by atoms with Gasteiger partial charge in [0.25, 0.3) is 0 Å². The van der Waals surface area contributed by atoms with Crippen molar-refractivity contribution in [2.75, 3.05) is 18.6 Å². The van der Waals surface area contributed by atoms with Gasteiger partial charge in [0.05, 0.1) is 0 Å². The molecule has 1 aromatic rings. The quantitative estimate of drug-likeness (QED) is 0.773. The minimum absolute atomic E-state index is 0.489. The third kappa shape index (κ3) is 3.49. The first-order valence-electron chi connectivity index (χ1n) is 6.65. The lowest BCUT2D eigenvalue weighted by Crippen LogP contribution is -2.20. The highest BCUT2D eigenvalue weighted by molar-refractivity contribution is 7.98. The Hall–Kier alpha value is -0.470. The van der Waals surface area contributed by atoms with Crippen molar-refractivity contribution >= 4 is 11.8 Å². The minimum atomic E-state index is 0.489. The Kier molecular flexibility index (Phi) is 4.93. The summed E-state index contributed by atoms with van der Waals surface area (Å²) in [6.45, 7) is 3.40. The predicted octanol–water partition coefficient (Wildman–Crippen LogP) is 3.58. The van der Waals surface area contributed by atoms with Gasteiger partial charge in [-0.05, 0) is 67.9 Å². The van der Waals surface area contributed by atoms with E-state index in [0.29, 0.717) is 6.04 Å². The molecular weight excluding hydrogens is 226 g/mol. The average Bonchev–Trinajstić information content (AvgIpc) is 2.81. The minimum Gasteiger partial charge on any atom is -0.310 e. The fourth-order valence-corrected chi connectivity index (χ4v) is 2.95. The summed E-state index contributed by atoms with van der Waals surface area (Å²) in [7, 11) is 0. The molecule has 0 radical (unpaired) electrons. The number of benzene rings is 1. The third-order valence-electron chi connectivity index (χ3n) is 3.60. The molecule has 1 unspecified atom stereocenters. The van der Waals surface area contributed by atoms with Crippen molar-refractivity contribution in [2.45, 2.75) is 38.6 Å². The average molecular weight is 249 g/mol. The number of hydrogen-bond donors (Lipinski definition) is 1. The first-order valence-corrected chi connectivity index (χ1v) is 8.04. The normalized spacial score (nSPS) is 15.9. The van der Waals surface area contributed by atoms with E-state index in [0.717, 1.165) is 6.54 Å². The standard InChI is InChI=1S/C15H23NS/c1-12(16-9-4-10-17-2)14-8-7-13-5-3-6-15(13)11-14/h7-8,11-12,16H,3-6,9-10H2,1-2H3. The smallest absolute Gasteiger partial charge is 0.0291 e. The number of nitrogens with one attached hydrogen (secondary N) is 1. The van der Waals surface area contributed by atoms with Crippen LogP contribution in [0.15, 0.2) is 18.2 Å². The Morgan fingerprint density at radius 2 is 2.12 bits per heavy atom. The SMILES string of the molecule is CSCCCNC(C)c1ccc2c(c1)CCC2. The van der Waals surface area contributed by atoms with E-state index < -0.39 is 0 Å². The second-order valence-corrected chi connectivity index (χ2v) is 5.89. The summed E-state index contributed by atoms with van der Waals surface area (Å²) in [5.41, 5.74) is 4.61. The van der Waals surface area contributed by atoms with Crippen LogP contribution in [0.1, 0.15) is 42.5 Å². The lowest BCUT2D eigenvalue weighted by molar-refractivity contribution is 0.572. The molecule has 2 rings (SSSR count). The Morgan fingerprint density at radius 1 is 1.29 bits per heavy atom. The van der Waals surface area contributed by atoms with Crippen molar-refractivity contribution in [2.24, 2.45) is 0 Å². The zero-order valence-corrected chi connectivity index (χ0v) is 11.8. The van der Waals surface area contributed by atoms with Gasteiger partial charge in [-0.2, -0.15) is 11.8 Å². The Morgan fingerprint density at radius 3 is 2.94 bits per heavy atom. The zero-order chi connectivity index (χ0) is 12.1. The topological polar surface area (TPSA) is 12.0 Å². The molecule has 0 aromatic heterocycles. The van der Waals surface area contributed by atoms with Gasteiger partial charge in [-0.25, -0.2) is 0 Å². The van der Waals surface area contributed by atoms with Crippen LogP contribution in [0, 0.1) is 0 Å². The molecule has 0 spiro atoms. The third-order valence-corrected chi connectivity index (χ3v) is 4.30. The van der Waals surface area contributed by atoms with Crippen molar-refractivity contribution in [1.29, 1.82) is 0 Å². The van der Waals surface area contributed by atoms with E-state index in [1.807, 2.05) is 11.8 Å². The van der Waals surface area contributed by atoms with Crippen molar-refractivity contribution in [1.82, 2.24) is 5.32 Å². The lowest BCUT2D eigenvalue weighted by Gasteiger charge is -2.15. The van der Waals surface area contributed by atoms with E-state index in [9.17, 15) is 0 Å². The fraction of sp³-hybridized carbons (Fsp3) is 0.600. The van der Waals surface area contributed by atoms with Crippen molar-refractivity contribution in [3.8, 4) is 0 Å². The fourth-order valence-electron chi connectivity index (χ4n) is 2.51. The molecule has 2 heteroatoms. The maximum atomic E-state index is 3.61. The molecule has 0 saturated heterocycles. The van der Waals surface area contributed by atoms with Crippen LogP contribution in [0.4, 0.5) is 0 Å². The van der Waals surface area contributed by atoms with Gasteiger partial charge in [-0.3, -0.25) is 0 Å². The van der Waals surface area contributed by atoms with Crippen LogP contribution in [0.25, 0.3) is 0 Å². The summed E-state index contributed by atoms with van der Waals surface area (Å²) < 4.78 is 0. The molecule has 1 N–H and O–H groups in total. The number of hydrogen-bond acceptors (Lipinski definition) is 2. The molecule has 94 valence electrons. The zero-order valence-electron chi connectivity index (χ0n) is 11.0. The van der Waals surface area contributed by atoms with E-state index in [4.69, 9.17) is 0 Å². The summed E-state index contributed by atoms with van der Waals surface area (Å²) in [6.07, 6.45) is 7.34. The van der Waals surface area contributed by atoms with Gasteiger partial charge in [-0.15, -0.1) is 0 Å². The van der Waals surface area contributed by atoms with Crippen LogP contribution in [-0.2, 0) is 12.8 Å². The number of fused-ring (bicyclic) bond motifs is 1. The molecule has 1 nitrogen and oxygen atoms in total. The first-order chi connectivity index (χ1) is 8.31. The summed E-state index contributed by atoms with van der Waals surface area (Å²) in [6, 6.07) is 7.53. The van der Waals surface area contributed by atoms with Gasteiger partial charge in [0.15, 0.2) is 0 Å². The van der Waals surface area contributed by atoms with Crippen LogP contribution in [0.3, 0.4) is 0 Å². The molecule has 0 amide bonds. The number of thioether (sulfide) groups is 1. The maximum Gasteiger partial charge on any atom is 0.0291 e. The monoisotopic (exact) mass is 249 g/mol. The van der Waals surface area contributed by atoms with E-state index in [1.165, 1.54) is 37.0 Å². The van der Waals surface area contributed by atoms with Crippen LogP contribution in [-0.4, -0.2) is 18.6 Å². The Bertz CT molecular complexity index is 362. The molecule has 0 aliphatic heterocycles. The number of aryl methyl sites for hydroxylation is 2. The Balaban J connectivity index is 1.88. The van der Waals surface area contributed by atoms with Gasteiger partial charge in [0, 0.05) is 6.04 Å². The maximum absolute atomic E-state index is 3.61. The summed E-state index contributed by atoms with van der Waals surface area (Å²) in [5.74, 6) is 1.25. The van der Waals surface area contributed by atoms with Crippen molar-refractivity contribution in [3.05, 3.63) is 34.9 Å². The van der Waals surface area contributed by atoms with Gasteiger partial charge in [-0.1, -0.05) is 18.2 Å². The predicted molar refractivity (Wildman–Crippen MR) is 77.9 cm³/mol. The summed E-state index contributed by atoms with van der Waals surface area (Å²) in [5, 5.41) is 3.61. The number of rotatable bonds is 6. The highest BCUT2D eigenvalue weighted by Gasteiger charge is 2.12. The van der Waals surface area contributed by atoms with E-state index in [1.54, 1.807) is 11.1 Å². The molecule has 0 heterocycles. The highest BCUT2D eigenvalue weighted by atomic mass is 32.2. The Labute approximate surface area is 109 Å². The van der Waals surface area contributed by atoms with Crippen LogP contribution in [0.2, 0.25) is 0 Å². The summed E-state index contributed by atoms with van der Waals surface area (Å²) in [4.78, 5) is 0.